The molecule has 0 aliphatic rings. The largest absolute Gasteiger partial charge is 0.480 e. The second-order valence-electron chi connectivity index (χ2n) is 6.34. The standard InChI is InChI=1S/C15H17F3N2O6/c1-14(2,3)26-13(23)19-10(12(21)22)6-8-4-5-9(15(16,17)18)7-11(8)20(24)25/h4-5,7,10H,6H2,1-3H3,(H,19,23)(H,21,22). The number of carboxylic acids is 1. The van der Waals surface area contributed by atoms with E-state index < -0.39 is 52.5 Å². The molecule has 1 atom stereocenters. The van der Waals surface area contributed by atoms with E-state index in [1.54, 1.807) is 20.8 Å². The third kappa shape index (κ3) is 6.22. The molecule has 1 amide bonds. The van der Waals surface area contributed by atoms with Crippen LogP contribution in [0.3, 0.4) is 0 Å². The number of carbonyl (C=O) groups excluding carboxylic acids is 1. The Bertz CT molecular complexity index is 712. The average Bonchev–Trinajstić information content (AvgIpc) is 2.43. The first-order valence-electron chi connectivity index (χ1n) is 7.27. The molecule has 0 bridgehead atoms. The van der Waals surface area contributed by atoms with E-state index in [-0.39, 0.29) is 5.56 Å². The zero-order chi connectivity index (χ0) is 20.3. The number of nitro benzene ring substituents is 1. The predicted molar refractivity (Wildman–Crippen MR) is 82.6 cm³/mol. The van der Waals surface area contributed by atoms with Crippen LogP contribution in [0.25, 0.3) is 0 Å². The Morgan fingerprint density at radius 2 is 1.88 bits per heavy atom. The van der Waals surface area contributed by atoms with Crippen LogP contribution < -0.4 is 5.32 Å². The zero-order valence-corrected chi connectivity index (χ0v) is 14.1. The Balaban J connectivity index is 3.10. The van der Waals surface area contributed by atoms with Gasteiger partial charge in [-0.1, -0.05) is 6.07 Å². The number of nitrogens with one attached hydrogen (secondary N) is 1. The van der Waals surface area contributed by atoms with Gasteiger partial charge in [0.2, 0.25) is 0 Å². The van der Waals surface area contributed by atoms with Gasteiger partial charge in [0.1, 0.15) is 11.6 Å². The molecule has 26 heavy (non-hydrogen) atoms. The number of carbonyl (C=O) groups is 2. The van der Waals surface area contributed by atoms with Gasteiger partial charge in [-0.05, 0) is 26.8 Å². The quantitative estimate of drug-likeness (QED) is 0.600. The van der Waals surface area contributed by atoms with Gasteiger partial charge in [0, 0.05) is 18.1 Å². The second kappa shape index (κ2) is 7.58. The van der Waals surface area contributed by atoms with E-state index in [0.29, 0.717) is 12.1 Å². The number of alkyl halides is 3. The summed E-state index contributed by atoms with van der Waals surface area (Å²) in [6.45, 7) is 4.63. The van der Waals surface area contributed by atoms with E-state index >= 15 is 0 Å². The Morgan fingerprint density at radius 3 is 2.31 bits per heavy atom. The molecule has 0 aliphatic carbocycles. The number of halogens is 3. The van der Waals surface area contributed by atoms with Crippen molar-refractivity contribution in [2.45, 2.75) is 45.0 Å². The highest BCUT2D eigenvalue weighted by atomic mass is 19.4. The van der Waals surface area contributed by atoms with Gasteiger partial charge in [0.25, 0.3) is 5.69 Å². The monoisotopic (exact) mass is 378 g/mol. The lowest BCUT2D eigenvalue weighted by molar-refractivity contribution is -0.385. The van der Waals surface area contributed by atoms with Crippen molar-refractivity contribution in [1.82, 2.24) is 5.32 Å². The minimum atomic E-state index is -4.79. The fraction of sp³-hybridized carbons (Fsp3) is 0.467. The van der Waals surface area contributed by atoms with E-state index in [0.717, 1.165) is 6.07 Å². The lowest BCUT2D eigenvalue weighted by Gasteiger charge is -2.22. The molecule has 1 rings (SSSR count). The highest BCUT2D eigenvalue weighted by Crippen LogP contribution is 2.33. The molecule has 0 aromatic heterocycles. The number of hydrogen-bond acceptors (Lipinski definition) is 5. The smallest absolute Gasteiger partial charge is 0.416 e. The van der Waals surface area contributed by atoms with Crippen LogP contribution in [0.2, 0.25) is 0 Å². The van der Waals surface area contributed by atoms with Crippen LogP contribution in [0.4, 0.5) is 23.7 Å². The molecule has 0 radical (unpaired) electrons. The number of alkyl carbamates (subject to hydrolysis) is 1. The van der Waals surface area contributed by atoms with Crippen molar-refractivity contribution in [3.8, 4) is 0 Å². The van der Waals surface area contributed by atoms with E-state index in [9.17, 15) is 38.0 Å². The Kier molecular flexibility index (Phi) is 6.18. The lowest BCUT2D eigenvalue weighted by atomic mass is 10.0. The molecule has 0 spiro atoms. The summed E-state index contributed by atoms with van der Waals surface area (Å²) < 4.78 is 43.0. The number of rotatable bonds is 5. The first-order valence-corrected chi connectivity index (χ1v) is 7.27. The van der Waals surface area contributed by atoms with Gasteiger partial charge < -0.3 is 15.2 Å². The Morgan fingerprint density at radius 1 is 1.31 bits per heavy atom. The molecule has 0 aliphatic heterocycles. The first-order chi connectivity index (χ1) is 11.7. The van der Waals surface area contributed by atoms with Crippen LogP contribution in [-0.2, 0) is 22.1 Å². The van der Waals surface area contributed by atoms with Gasteiger partial charge in [0.15, 0.2) is 0 Å². The summed E-state index contributed by atoms with van der Waals surface area (Å²) in [5.74, 6) is -1.52. The van der Waals surface area contributed by atoms with E-state index in [4.69, 9.17) is 4.74 Å². The maximum Gasteiger partial charge on any atom is 0.416 e. The first kappa shape index (κ1) is 21.2. The lowest BCUT2D eigenvalue weighted by Crippen LogP contribution is -2.44. The number of amides is 1. The zero-order valence-electron chi connectivity index (χ0n) is 14.1. The summed E-state index contributed by atoms with van der Waals surface area (Å²) in [6.07, 6.45) is -6.45. The number of nitrogens with zero attached hydrogens (tertiary/aromatic N) is 1. The van der Waals surface area contributed by atoms with Gasteiger partial charge in [0.05, 0.1) is 10.5 Å². The van der Waals surface area contributed by atoms with E-state index in [1.165, 1.54) is 0 Å². The van der Waals surface area contributed by atoms with Crippen molar-refractivity contribution in [3.63, 3.8) is 0 Å². The minimum absolute atomic E-state index is 0.272. The summed E-state index contributed by atoms with van der Waals surface area (Å²) in [5, 5.41) is 22.2. The van der Waals surface area contributed by atoms with Crippen molar-refractivity contribution >= 4 is 17.7 Å². The SMILES string of the molecule is CC(C)(C)OC(=O)NC(Cc1ccc(C(F)(F)F)cc1[N+](=O)[O-])C(=O)O. The number of hydrogen-bond donors (Lipinski definition) is 2. The topological polar surface area (TPSA) is 119 Å². The molecule has 1 aromatic rings. The molecule has 144 valence electrons. The molecular formula is C15H17F3N2O6. The summed E-state index contributed by atoms with van der Waals surface area (Å²) in [6, 6.07) is 0.115. The van der Waals surface area contributed by atoms with Gasteiger partial charge in [-0.2, -0.15) is 13.2 Å². The third-order valence-electron chi connectivity index (χ3n) is 3.02. The number of carboxylic acid groups (broad SMARTS) is 1. The fourth-order valence-corrected chi connectivity index (χ4v) is 1.95. The van der Waals surface area contributed by atoms with Crippen LogP contribution in [0.1, 0.15) is 31.9 Å². The fourth-order valence-electron chi connectivity index (χ4n) is 1.95. The second-order valence-corrected chi connectivity index (χ2v) is 6.34. The molecule has 0 saturated heterocycles. The van der Waals surface area contributed by atoms with Crippen molar-refractivity contribution in [3.05, 3.63) is 39.4 Å². The van der Waals surface area contributed by atoms with Gasteiger partial charge >= 0.3 is 18.2 Å². The van der Waals surface area contributed by atoms with Gasteiger partial charge in [-0.15, -0.1) is 0 Å². The van der Waals surface area contributed by atoms with Crippen molar-refractivity contribution in [2.24, 2.45) is 0 Å². The summed E-state index contributed by atoms with van der Waals surface area (Å²) >= 11 is 0. The molecule has 1 aromatic carbocycles. The highest BCUT2D eigenvalue weighted by molar-refractivity contribution is 5.80. The number of aliphatic carboxylic acids is 1. The van der Waals surface area contributed by atoms with Crippen LogP contribution in [-0.4, -0.2) is 33.7 Å². The summed E-state index contributed by atoms with van der Waals surface area (Å²) in [4.78, 5) is 33.0. The van der Waals surface area contributed by atoms with Crippen LogP contribution in [0.5, 0.6) is 0 Å². The molecule has 11 heteroatoms. The molecule has 2 N–H and O–H groups in total. The van der Waals surface area contributed by atoms with Crippen LogP contribution in [0, 0.1) is 10.1 Å². The molecule has 0 fully saturated rings. The van der Waals surface area contributed by atoms with E-state index in [2.05, 4.69) is 0 Å². The van der Waals surface area contributed by atoms with Crippen LogP contribution >= 0.6 is 0 Å². The van der Waals surface area contributed by atoms with Crippen molar-refractivity contribution in [1.29, 1.82) is 0 Å². The molecule has 8 nitrogen and oxygen atoms in total. The summed E-state index contributed by atoms with van der Waals surface area (Å²) in [5.41, 5.74) is -3.31. The summed E-state index contributed by atoms with van der Waals surface area (Å²) in [7, 11) is 0. The van der Waals surface area contributed by atoms with E-state index in [1.807, 2.05) is 5.32 Å². The molecule has 0 saturated carbocycles. The maximum absolute atomic E-state index is 12.7. The normalized spacial score (nSPS) is 13.0. The van der Waals surface area contributed by atoms with Crippen molar-refractivity contribution < 1.29 is 37.5 Å². The molecule has 0 heterocycles. The number of nitro groups is 1. The average molecular weight is 378 g/mol. The minimum Gasteiger partial charge on any atom is -0.480 e. The van der Waals surface area contributed by atoms with Crippen molar-refractivity contribution in [2.75, 3.05) is 0 Å². The number of ether oxygens (including phenoxy) is 1. The van der Waals surface area contributed by atoms with Crippen LogP contribution in [0.15, 0.2) is 18.2 Å². The Hall–Kier alpha value is -2.85. The van der Waals surface area contributed by atoms with Gasteiger partial charge in [-0.3, -0.25) is 10.1 Å². The predicted octanol–water partition coefficient (Wildman–Crippen LogP) is 3.13. The Labute approximate surface area is 146 Å². The number of benzene rings is 1. The highest BCUT2D eigenvalue weighted by Gasteiger charge is 2.34. The third-order valence-corrected chi connectivity index (χ3v) is 3.02. The molecular weight excluding hydrogens is 361 g/mol. The molecule has 1 unspecified atom stereocenters. The van der Waals surface area contributed by atoms with Gasteiger partial charge in [-0.25, -0.2) is 9.59 Å². The maximum atomic E-state index is 12.7.